The predicted octanol–water partition coefficient (Wildman–Crippen LogP) is 6.36. The van der Waals surface area contributed by atoms with E-state index in [2.05, 4.69) is 50.5 Å². The van der Waals surface area contributed by atoms with Gasteiger partial charge in [0.25, 0.3) is 0 Å². The maximum absolute atomic E-state index is 14.1. The van der Waals surface area contributed by atoms with Crippen molar-refractivity contribution in [1.29, 1.82) is 0 Å². The Morgan fingerprint density at radius 2 is 1.67 bits per heavy atom. The Morgan fingerprint density at radius 1 is 1.03 bits per heavy atom. The summed E-state index contributed by atoms with van der Waals surface area (Å²) in [6.45, 7) is 1.90. The lowest BCUT2D eigenvalue weighted by Gasteiger charge is -2.29. The minimum Gasteiger partial charge on any atom is -0.487 e. The van der Waals surface area contributed by atoms with Crippen LogP contribution in [0.5, 0.6) is 5.75 Å². The van der Waals surface area contributed by atoms with Crippen molar-refractivity contribution in [3.63, 3.8) is 0 Å². The Labute approximate surface area is 235 Å². The first kappa shape index (κ1) is 24.9. The second-order valence-corrected chi connectivity index (χ2v) is 10.8. The molecule has 0 unspecified atom stereocenters. The number of ketones is 1. The van der Waals surface area contributed by atoms with Crippen LogP contribution in [0, 0.1) is 13.0 Å². The second-order valence-electron chi connectivity index (χ2n) is 8.45. The van der Waals surface area contributed by atoms with Gasteiger partial charge in [0, 0.05) is 33.9 Å². The number of rotatable bonds is 5. The van der Waals surface area contributed by atoms with Crippen LogP contribution >= 0.6 is 45.2 Å². The van der Waals surface area contributed by atoms with Crippen molar-refractivity contribution in [1.82, 2.24) is 5.32 Å². The number of hydrogen-bond donors (Lipinski definition) is 1. The summed E-state index contributed by atoms with van der Waals surface area (Å²) in [5, 5.41) is 3.29. The van der Waals surface area contributed by atoms with E-state index in [0.717, 1.165) is 24.0 Å². The van der Waals surface area contributed by atoms with Crippen LogP contribution in [0.3, 0.4) is 0 Å². The summed E-state index contributed by atoms with van der Waals surface area (Å²) in [5.41, 5.74) is 4.93. The molecule has 0 bridgehead atoms. The molecule has 1 atom stereocenters. The Morgan fingerprint density at radius 3 is 2.33 bits per heavy atom. The summed E-state index contributed by atoms with van der Waals surface area (Å²) in [6.07, 6.45) is 0. The zero-order valence-corrected chi connectivity index (χ0v) is 23.6. The lowest BCUT2D eigenvalue weighted by molar-refractivity contribution is -0.136. The SMILES string of the molecule is COC(=O)C1=C(C)NC2=C(C(=O)c3ccccc32)[C@H]1c1cc(I)c(OCc2ccccc2F)c(I)c1. The number of methoxy groups -OCH3 is 1. The highest BCUT2D eigenvalue weighted by molar-refractivity contribution is 14.1. The molecule has 2 aliphatic rings. The number of halogens is 3. The number of carbonyl (C=O) groups excluding carboxylic acids is 2. The summed E-state index contributed by atoms with van der Waals surface area (Å²) in [4.78, 5) is 26.5. The third-order valence-corrected chi connectivity index (χ3v) is 7.94. The van der Waals surface area contributed by atoms with Crippen LogP contribution in [0.2, 0.25) is 0 Å². The number of allylic oxidation sites excluding steroid dienone is 2. The van der Waals surface area contributed by atoms with Crippen LogP contribution in [0.15, 0.2) is 77.5 Å². The molecule has 0 saturated heterocycles. The molecule has 3 aromatic carbocycles. The van der Waals surface area contributed by atoms with Crippen LogP contribution in [0.4, 0.5) is 4.39 Å². The van der Waals surface area contributed by atoms with Crippen molar-refractivity contribution < 1.29 is 23.5 Å². The molecule has 1 heterocycles. The number of hydrogen-bond acceptors (Lipinski definition) is 5. The molecule has 0 spiro atoms. The molecule has 1 N–H and O–H groups in total. The molecule has 1 aliphatic heterocycles. The van der Waals surface area contributed by atoms with Crippen molar-refractivity contribution >= 4 is 62.6 Å². The van der Waals surface area contributed by atoms with Crippen molar-refractivity contribution in [2.45, 2.75) is 19.4 Å². The minimum absolute atomic E-state index is 0.0842. The van der Waals surface area contributed by atoms with E-state index in [0.29, 0.717) is 33.7 Å². The highest BCUT2D eigenvalue weighted by atomic mass is 127. The van der Waals surface area contributed by atoms with Gasteiger partial charge in [-0.2, -0.15) is 0 Å². The van der Waals surface area contributed by atoms with Crippen molar-refractivity contribution in [2.24, 2.45) is 0 Å². The highest BCUT2D eigenvalue weighted by Gasteiger charge is 2.43. The first-order valence-corrected chi connectivity index (χ1v) is 13.3. The number of Topliss-reactive ketones (excluding diaryl/α,β-unsaturated/α-hetero) is 1. The van der Waals surface area contributed by atoms with Crippen LogP contribution in [0.1, 0.15) is 39.9 Å². The van der Waals surface area contributed by atoms with Gasteiger partial charge in [0.2, 0.25) is 0 Å². The molecule has 0 aromatic heterocycles. The van der Waals surface area contributed by atoms with Crippen LogP contribution in [0.25, 0.3) is 5.70 Å². The van der Waals surface area contributed by atoms with E-state index in [-0.39, 0.29) is 18.2 Å². The Balaban J connectivity index is 1.59. The van der Waals surface area contributed by atoms with E-state index >= 15 is 0 Å². The highest BCUT2D eigenvalue weighted by Crippen LogP contribution is 2.48. The molecule has 0 saturated carbocycles. The summed E-state index contributed by atoms with van der Waals surface area (Å²) >= 11 is 4.34. The number of benzene rings is 3. The topological polar surface area (TPSA) is 64.6 Å². The number of carbonyl (C=O) groups is 2. The number of esters is 1. The summed E-state index contributed by atoms with van der Waals surface area (Å²) in [5.74, 6) is -0.929. The Bertz CT molecular complexity index is 1470. The van der Waals surface area contributed by atoms with E-state index in [4.69, 9.17) is 9.47 Å². The maximum atomic E-state index is 14.1. The lowest BCUT2D eigenvalue weighted by atomic mass is 9.80. The Hall–Kier alpha value is -2.73. The molecule has 0 amide bonds. The molecule has 5 nitrogen and oxygen atoms in total. The third kappa shape index (κ3) is 4.23. The predicted molar refractivity (Wildman–Crippen MR) is 151 cm³/mol. The molecular formula is C28H20FI2NO4. The molecule has 8 heteroatoms. The normalized spacial score (nSPS) is 16.5. The smallest absolute Gasteiger partial charge is 0.336 e. The van der Waals surface area contributed by atoms with Crippen LogP contribution < -0.4 is 10.1 Å². The van der Waals surface area contributed by atoms with E-state index in [1.807, 2.05) is 37.3 Å². The van der Waals surface area contributed by atoms with Crippen molar-refractivity contribution in [2.75, 3.05) is 7.11 Å². The van der Waals surface area contributed by atoms with Gasteiger partial charge < -0.3 is 14.8 Å². The van der Waals surface area contributed by atoms with Gasteiger partial charge in [-0.1, -0.05) is 42.5 Å². The minimum atomic E-state index is -0.615. The van der Waals surface area contributed by atoms with Crippen molar-refractivity contribution in [3.05, 3.63) is 113 Å². The molecule has 0 fully saturated rings. The molecule has 182 valence electrons. The Kier molecular flexibility index (Phi) is 6.90. The van der Waals surface area contributed by atoms with E-state index in [1.165, 1.54) is 13.2 Å². The first-order chi connectivity index (χ1) is 17.3. The number of nitrogens with one attached hydrogen (secondary N) is 1. The van der Waals surface area contributed by atoms with Gasteiger partial charge in [0.15, 0.2) is 5.78 Å². The number of ether oxygens (including phenoxy) is 2. The summed E-state index contributed by atoms with van der Waals surface area (Å²) < 4.78 is 26.8. The standard InChI is InChI=1S/C28H20FI2NO4/c1-14-22(28(34)35-2)23(24-25(32-14)17-8-4-5-9-18(17)26(24)33)16-11-20(30)27(21(31)12-16)36-13-15-7-3-6-10-19(15)29/h3-12,23,32H,13H2,1-2H3/t23-/m0/s1. The maximum Gasteiger partial charge on any atom is 0.336 e. The lowest BCUT2D eigenvalue weighted by Crippen LogP contribution is -2.29. The molecule has 0 radical (unpaired) electrons. The monoisotopic (exact) mass is 707 g/mol. The molecular weight excluding hydrogens is 687 g/mol. The van der Waals surface area contributed by atoms with Gasteiger partial charge in [-0.3, -0.25) is 4.79 Å². The average molecular weight is 707 g/mol. The zero-order valence-electron chi connectivity index (χ0n) is 19.3. The summed E-state index contributed by atoms with van der Waals surface area (Å²) in [6, 6.07) is 17.7. The first-order valence-electron chi connectivity index (χ1n) is 11.1. The van der Waals surface area contributed by atoms with Crippen LogP contribution in [-0.4, -0.2) is 18.9 Å². The fraction of sp³-hybridized carbons (Fsp3) is 0.143. The summed E-state index contributed by atoms with van der Waals surface area (Å²) in [7, 11) is 1.34. The van der Waals surface area contributed by atoms with E-state index in [9.17, 15) is 14.0 Å². The van der Waals surface area contributed by atoms with Gasteiger partial charge in [-0.25, -0.2) is 9.18 Å². The van der Waals surface area contributed by atoms with Gasteiger partial charge in [-0.15, -0.1) is 0 Å². The average Bonchev–Trinajstić information content (AvgIpc) is 3.14. The fourth-order valence-corrected chi connectivity index (χ4v) is 6.82. The van der Waals surface area contributed by atoms with Gasteiger partial charge in [0.05, 0.1) is 25.5 Å². The molecule has 5 rings (SSSR count). The van der Waals surface area contributed by atoms with Crippen molar-refractivity contribution in [3.8, 4) is 5.75 Å². The van der Waals surface area contributed by atoms with Gasteiger partial charge in [-0.05, 0) is 75.9 Å². The molecule has 36 heavy (non-hydrogen) atoms. The van der Waals surface area contributed by atoms with E-state index in [1.54, 1.807) is 24.3 Å². The van der Waals surface area contributed by atoms with Gasteiger partial charge in [0.1, 0.15) is 18.2 Å². The van der Waals surface area contributed by atoms with E-state index < -0.39 is 11.9 Å². The van der Waals surface area contributed by atoms with Crippen LogP contribution in [-0.2, 0) is 16.1 Å². The number of dihydropyridines is 1. The fourth-order valence-electron chi connectivity index (χ4n) is 4.69. The second kappa shape index (κ2) is 9.97. The quantitative estimate of drug-likeness (QED) is 0.248. The van der Waals surface area contributed by atoms with Gasteiger partial charge >= 0.3 is 5.97 Å². The third-order valence-electron chi connectivity index (χ3n) is 6.34. The number of fused-ring (bicyclic) bond motifs is 2. The molecule has 3 aromatic rings. The zero-order chi connectivity index (χ0) is 25.6. The largest absolute Gasteiger partial charge is 0.487 e. The molecule has 1 aliphatic carbocycles.